The first-order valence-corrected chi connectivity index (χ1v) is 3.50. The number of carbonyl (C=O) groups is 1. The predicted octanol–water partition coefficient (Wildman–Crippen LogP) is 0.433. The molecule has 4 heteroatoms. The molecule has 60 valence electrons. The van der Waals surface area contributed by atoms with Crippen LogP contribution in [-0.2, 0) is 0 Å². The second kappa shape index (κ2) is 2.34. The summed E-state index contributed by atoms with van der Waals surface area (Å²) in [5, 5.41) is 0. The zero-order chi connectivity index (χ0) is 8.55. The number of hydrogen-bond donors (Lipinski definition) is 1. The Bertz CT molecular complexity index is 433. The summed E-state index contributed by atoms with van der Waals surface area (Å²) in [5.74, 6) is -0.460. The van der Waals surface area contributed by atoms with Gasteiger partial charge in [-0.2, -0.15) is 0 Å². The second-order valence-corrected chi connectivity index (χ2v) is 2.48. The van der Waals surface area contributed by atoms with Gasteiger partial charge in [0.1, 0.15) is 5.65 Å². The van der Waals surface area contributed by atoms with Crippen molar-refractivity contribution in [1.29, 1.82) is 0 Å². The Hall–Kier alpha value is -1.84. The quantitative estimate of drug-likeness (QED) is 0.659. The molecule has 0 radical (unpaired) electrons. The van der Waals surface area contributed by atoms with Gasteiger partial charge in [0.2, 0.25) is 0 Å². The number of carbonyl (C=O) groups excluding carboxylic acids is 1. The van der Waals surface area contributed by atoms with Crippen LogP contribution in [0.5, 0.6) is 0 Å². The van der Waals surface area contributed by atoms with Crippen LogP contribution < -0.4 is 5.73 Å². The number of fused-ring (bicyclic) bond motifs is 1. The second-order valence-electron chi connectivity index (χ2n) is 2.48. The SMILES string of the molecule is NC(=O)c1cnc2cccn2c1. The van der Waals surface area contributed by atoms with Crippen molar-refractivity contribution in [3.05, 3.63) is 36.3 Å². The third-order valence-corrected chi connectivity index (χ3v) is 1.66. The first-order chi connectivity index (χ1) is 5.77. The highest BCUT2D eigenvalue weighted by Crippen LogP contribution is 2.02. The molecule has 0 unspecified atom stereocenters. The van der Waals surface area contributed by atoms with E-state index >= 15 is 0 Å². The molecule has 0 saturated heterocycles. The number of hydrogen-bond acceptors (Lipinski definition) is 2. The number of aromatic nitrogens is 2. The molecule has 4 nitrogen and oxygen atoms in total. The van der Waals surface area contributed by atoms with Gasteiger partial charge >= 0.3 is 0 Å². The maximum atomic E-state index is 10.7. The predicted molar refractivity (Wildman–Crippen MR) is 43.7 cm³/mol. The molecule has 2 heterocycles. The minimum Gasteiger partial charge on any atom is -0.366 e. The zero-order valence-electron chi connectivity index (χ0n) is 6.27. The van der Waals surface area contributed by atoms with Crippen molar-refractivity contribution in [3.8, 4) is 0 Å². The lowest BCUT2D eigenvalue weighted by molar-refractivity contribution is 0.0999. The van der Waals surface area contributed by atoms with Crippen molar-refractivity contribution in [2.24, 2.45) is 5.73 Å². The van der Waals surface area contributed by atoms with E-state index in [1.807, 2.05) is 18.3 Å². The van der Waals surface area contributed by atoms with E-state index in [2.05, 4.69) is 4.98 Å². The number of nitrogens with zero attached hydrogens (tertiary/aromatic N) is 2. The molecular formula is C8H7N3O. The molecule has 0 bridgehead atoms. The van der Waals surface area contributed by atoms with E-state index in [1.54, 1.807) is 10.6 Å². The van der Waals surface area contributed by atoms with Crippen LogP contribution in [0.3, 0.4) is 0 Å². The molecule has 2 aromatic rings. The van der Waals surface area contributed by atoms with Gasteiger partial charge in [0.05, 0.1) is 5.56 Å². The van der Waals surface area contributed by atoms with Crippen molar-refractivity contribution in [2.45, 2.75) is 0 Å². The van der Waals surface area contributed by atoms with Crippen LogP contribution in [-0.4, -0.2) is 15.3 Å². The minimum atomic E-state index is -0.460. The van der Waals surface area contributed by atoms with Crippen LogP contribution in [0, 0.1) is 0 Å². The highest BCUT2D eigenvalue weighted by molar-refractivity contribution is 5.92. The highest BCUT2D eigenvalue weighted by atomic mass is 16.1. The summed E-state index contributed by atoms with van der Waals surface area (Å²) in [6.45, 7) is 0. The van der Waals surface area contributed by atoms with E-state index in [1.165, 1.54) is 6.20 Å². The fourth-order valence-electron chi connectivity index (χ4n) is 1.05. The van der Waals surface area contributed by atoms with E-state index in [0.717, 1.165) is 5.65 Å². The van der Waals surface area contributed by atoms with Gasteiger partial charge in [-0.3, -0.25) is 4.79 Å². The fourth-order valence-corrected chi connectivity index (χ4v) is 1.05. The normalized spacial score (nSPS) is 10.3. The van der Waals surface area contributed by atoms with E-state index in [4.69, 9.17) is 5.73 Å². The third kappa shape index (κ3) is 0.934. The summed E-state index contributed by atoms with van der Waals surface area (Å²) in [6.07, 6.45) is 4.94. The lowest BCUT2D eigenvalue weighted by atomic mass is 10.3. The summed E-state index contributed by atoms with van der Waals surface area (Å²) < 4.78 is 1.75. The average molecular weight is 161 g/mol. The Morgan fingerprint density at radius 1 is 1.58 bits per heavy atom. The average Bonchev–Trinajstić information content (AvgIpc) is 2.49. The molecule has 0 saturated carbocycles. The monoisotopic (exact) mass is 161 g/mol. The topological polar surface area (TPSA) is 60.4 Å². The van der Waals surface area contributed by atoms with Crippen LogP contribution in [0.25, 0.3) is 5.65 Å². The molecule has 0 spiro atoms. The lowest BCUT2D eigenvalue weighted by Gasteiger charge is -1.96. The van der Waals surface area contributed by atoms with E-state index < -0.39 is 5.91 Å². The molecule has 0 atom stereocenters. The van der Waals surface area contributed by atoms with Crippen molar-refractivity contribution >= 4 is 11.6 Å². The van der Waals surface area contributed by atoms with Gasteiger partial charge in [-0.1, -0.05) is 0 Å². The van der Waals surface area contributed by atoms with Gasteiger partial charge in [-0.05, 0) is 12.1 Å². The van der Waals surface area contributed by atoms with Crippen molar-refractivity contribution in [1.82, 2.24) is 9.38 Å². The lowest BCUT2D eigenvalue weighted by Crippen LogP contribution is -2.12. The van der Waals surface area contributed by atoms with Crippen molar-refractivity contribution in [2.75, 3.05) is 0 Å². The standard InChI is InChI=1S/C8H7N3O/c9-8(12)6-4-10-7-2-1-3-11(7)5-6/h1-5H,(H2,9,12). The largest absolute Gasteiger partial charge is 0.366 e. The van der Waals surface area contributed by atoms with Gasteiger partial charge in [0, 0.05) is 18.6 Å². The Balaban J connectivity index is 2.68. The van der Waals surface area contributed by atoms with Crippen LogP contribution >= 0.6 is 0 Å². The van der Waals surface area contributed by atoms with E-state index in [0.29, 0.717) is 5.56 Å². The maximum Gasteiger partial charge on any atom is 0.251 e. The molecule has 1 amide bonds. The molecular weight excluding hydrogens is 154 g/mol. The minimum absolute atomic E-state index is 0.415. The molecule has 0 aliphatic carbocycles. The van der Waals surface area contributed by atoms with Crippen LogP contribution in [0.15, 0.2) is 30.7 Å². The first-order valence-electron chi connectivity index (χ1n) is 3.50. The smallest absolute Gasteiger partial charge is 0.251 e. The Morgan fingerprint density at radius 2 is 2.42 bits per heavy atom. The van der Waals surface area contributed by atoms with E-state index in [-0.39, 0.29) is 0 Å². The summed E-state index contributed by atoms with van der Waals surface area (Å²) in [6, 6.07) is 3.71. The van der Waals surface area contributed by atoms with Gasteiger partial charge < -0.3 is 10.1 Å². The Labute approximate surface area is 68.6 Å². The molecule has 0 aromatic carbocycles. The highest BCUT2D eigenvalue weighted by Gasteiger charge is 2.00. The van der Waals surface area contributed by atoms with Crippen LogP contribution in [0.4, 0.5) is 0 Å². The number of amides is 1. The number of rotatable bonds is 1. The summed E-state index contributed by atoms with van der Waals surface area (Å²) in [7, 11) is 0. The number of nitrogens with two attached hydrogens (primary N) is 1. The Morgan fingerprint density at radius 3 is 3.17 bits per heavy atom. The molecule has 2 N–H and O–H groups in total. The van der Waals surface area contributed by atoms with Crippen molar-refractivity contribution in [3.63, 3.8) is 0 Å². The summed E-state index contributed by atoms with van der Waals surface area (Å²) in [5.41, 5.74) is 6.30. The molecule has 12 heavy (non-hydrogen) atoms. The summed E-state index contributed by atoms with van der Waals surface area (Å²) >= 11 is 0. The van der Waals surface area contributed by atoms with Crippen LogP contribution in [0.2, 0.25) is 0 Å². The zero-order valence-corrected chi connectivity index (χ0v) is 6.27. The van der Waals surface area contributed by atoms with Gasteiger partial charge in [-0.15, -0.1) is 0 Å². The van der Waals surface area contributed by atoms with Crippen LogP contribution in [0.1, 0.15) is 10.4 Å². The van der Waals surface area contributed by atoms with Gasteiger partial charge in [0.15, 0.2) is 0 Å². The third-order valence-electron chi connectivity index (χ3n) is 1.66. The first kappa shape index (κ1) is 6.84. The number of primary amides is 1. The molecule has 2 rings (SSSR count). The molecule has 0 fully saturated rings. The Kier molecular flexibility index (Phi) is 1.33. The van der Waals surface area contributed by atoms with Crippen molar-refractivity contribution < 1.29 is 4.79 Å². The maximum absolute atomic E-state index is 10.7. The fraction of sp³-hybridized carbons (Fsp3) is 0. The van der Waals surface area contributed by atoms with Gasteiger partial charge in [-0.25, -0.2) is 4.98 Å². The molecule has 2 aromatic heterocycles. The molecule has 0 aliphatic heterocycles. The van der Waals surface area contributed by atoms with E-state index in [9.17, 15) is 4.79 Å². The summed E-state index contributed by atoms with van der Waals surface area (Å²) in [4.78, 5) is 14.8. The van der Waals surface area contributed by atoms with Gasteiger partial charge in [0.25, 0.3) is 5.91 Å². The molecule has 0 aliphatic rings.